The molecule has 2 aromatic rings. The molecule has 1 aliphatic rings. The van der Waals surface area contributed by atoms with Crippen molar-refractivity contribution >= 4 is 41.0 Å². The van der Waals surface area contributed by atoms with Gasteiger partial charge >= 0.3 is 18.1 Å². The quantitative estimate of drug-likeness (QED) is 0.189. The first-order valence-corrected chi connectivity index (χ1v) is 18.3. The first-order valence-electron chi connectivity index (χ1n) is 17.4. The van der Waals surface area contributed by atoms with Gasteiger partial charge in [0.2, 0.25) is 11.8 Å². The average Bonchev–Trinajstić information content (AvgIpc) is 3.56. The Kier molecular flexibility index (Phi) is 15.6. The number of alkyl halides is 3. The predicted octanol–water partition coefficient (Wildman–Crippen LogP) is 4.99. The van der Waals surface area contributed by atoms with Gasteiger partial charge in [0.25, 0.3) is 5.91 Å². The molecule has 2 heterocycles. The summed E-state index contributed by atoms with van der Waals surface area (Å²) in [6.45, 7) is 6.88. The van der Waals surface area contributed by atoms with Crippen molar-refractivity contribution in [2.75, 3.05) is 20.6 Å². The molecule has 1 aromatic carbocycles. The maximum absolute atomic E-state index is 13.7. The van der Waals surface area contributed by atoms with E-state index in [1.165, 1.54) is 19.4 Å². The van der Waals surface area contributed by atoms with E-state index < -0.39 is 78.4 Å². The van der Waals surface area contributed by atoms with Gasteiger partial charge in [-0.1, -0.05) is 57.5 Å². The van der Waals surface area contributed by atoms with E-state index in [9.17, 15) is 42.3 Å². The lowest BCUT2D eigenvalue weighted by Gasteiger charge is -2.37. The van der Waals surface area contributed by atoms with Crippen molar-refractivity contribution in [1.29, 1.82) is 0 Å². The molecule has 1 aliphatic heterocycles. The third-order valence-corrected chi connectivity index (χ3v) is 10.2. The van der Waals surface area contributed by atoms with Gasteiger partial charge < -0.3 is 25.4 Å². The largest absolute Gasteiger partial charge is 0.481 e. The Morgan fingerprint density at radius 3 is 2.33 bits per heavy atom. The molecule has 12 nitrogen and oxygen atoms in total. The molecule has 3 N–H and O–H groups in total. The summed E-state index contributed by atoms with van der Waals surface area (Å²) in [4.78, 5) is 71.4. The molecule has 52 heavy (non-hydrogen) atoms. The van der Waals surface area contributed by atoms with Gasteiger partial charge in [0.15, 0.2) is 6.10 Å². The van der Waals surface area contributed by atoms with Gasteiger partial charge in [0.05, 0.1) is 18.4 Å². The summed E-state index contributed by atoms with van der Waals surface area (Å²) >= 11 is 1.03. The standard InChI is InChI=1S/C36H50F3N5O7S/c1-21(2)29(44(6)34(48)26(19-36(37,38)39)41-32(47)28-14-10-11-15-43(28)5)18-30(51-23(4)45)33-42-27(20-52-33)31(46)40-25(16-22(3)35(49)50)17-24-12-8-7-9-13-24/h7-9,12-13,20-22,25-26,28-30H,10-11,14-19H2,1-6H3,(H,40,46)(H,41,47)(H,49,50)/t22?,25?,26?,28-,29?,30?/m1/s1. The molecule has 5 unspecified atom stereocenters. The van der Waals surface area contributed by atoms with Crippen molar-refractivity contribution in [3.05, 3.63) is 52.0 Å². The lowest BCUT2D eigenvalue weighted by molar-refractivity contribution is -0.159. The Hall–Kier alpha value is -4.05. The van der Waals surface area contributed by atoms with Gasteiger partial charge in [-0.15, -0.1) is 11.3 Å². The molecule has 16 heteroatoms. The number of carboxylic acid groups (broad SMARTS) is 1. The summed E-state index contributed by atoms with van der Waals surface area (Å²) in [7, 11) is 3.07. The van der Waals surface area contributed by atoms with E-state index in [2.05, 4.69) is 15.6 Å². The topological polar surface area (TPSA) is 158 Å². The zero-order chi connectivity index (χ0) is 38.7. The molecule has 288 valence electrons. The number of likely N-dealkylation sites (N-methyl/N-ethyl adjacent to an activating group) is 2. The molecule has 0 aliphatic carbocycles. The van der Waals surface area contributed by atoms with Gasteiger partial charge in [0.1, 0.15) is 16.7 Å². The van der Waals surface area contributed by atoms with Crippen LogP contribution in [0.5, 0.6) is 0 Å². The smallest absolute Gasteiger partial charge is 0.391 e. The predicted molar refractivity (Wildman–Crippen MR) is 188 cm³/mol. The number of carbonyl (C=O) groups is 5. The minimum Gasteiger partial charge on any atom is -0.481 e. The molecule has 0 radical (unpaired) electrons. The van der Waals surface area contributed by atoms with Crippen molar-refractivity contribution in [2.24, 2.45) is 11.8 Å². The van der Waals surface area contributed by atoms with Crippen LogP contribution in [-0.2, 0) is 30.3 Å². The number of aromatic nitrogens is 1. The first kappa shape index (κ1) is 42.4. The molecular weight excluding hydrogens is 703 g/mol. The van der Waals surface area contributed by atoms with Crippen LogP contribution < -0.4 is 10.6 Å². The summed E-state index contributed by atoms with van der Waals surface area (Å²) < 4.78 is 46.8. The van der Waals surface area contributed by atoms with Crippen LogP contribution in [0.2, 0.25) is 0 Å². The Morgan fingerprint density at radius 2 is 1.75 bits per heavy atom. The summed E-state index contributed by atoms with van der Waals surface area (Å²) in [6, 6.07) is 5.45. The number of hydrogen-bond donors (Lipinski definition) is 3. The van der Waals surface area contributed by atoms with E-state index in [0.29, 0.717) is 19.4 Å². The number of piperidine rings is 1. The Bertz CT molecular complexity index is 1520. The first-order chi connectivity index (χ1) is 24.4. The third kappa shape index (κ3) is 12.9. The normalized spacial score (nSPS) is 18.1. The minimum absolute atomic E-state index is 0.00403. The molecule has 0 spiro atoms. The number of esters is 1. The minimum atomic E-state index is -4.75. The van der Waals surface area contributed by atoms with Crippen LogP contribution in [0.1, 0.15) is 93.4 Å². The molecule has 1 saturated heterocycles. The maximum atomic E-state index is 13.7. The van der Waals surface area contributed by atoms with Crippen molar-refractivity contribution < 1.29 is 47.0 Å². The van der Waals surface area contributed by atoms with E-state index in [4.69, 9.17) is 4.74 Å². The molecule has 0 bridgehead atoms. The number of halogens is 3. The number of carbonyl (C=O) groups excluding carboxylic acids is 4. The Labute approximate surface area is 306 Å². The summed E-state index contributed by atoms with van der Waals surface area (Å²) in [5.41, 5.74) is 0.903. The van der Waals surface area contributed by atoms with E-state index in [0.717, 1.165) is 34.6 Å². The lowest BCUT2D eigenvalue weighted by atomic mass is 9.95. The second-order valence-electron chi connectivity index (χ2n) is 13.9. The fourth-order valence-corrected chi connectivity index (χ4v) is 7.27. The number of carboxylic acids is 1. The van der Waals surface area contributed by atoms with Crippen LogP contribution in [0, 0.1) is 11.8 Å². The van der Waals surface area contributed by atoms with Crippen LogP contribution >= 0.6 is 11.3 Å². The zero-order valence-corrected chi connectivity index (χ0v) is 31.3. The number of nitrogens with zero attached hydrogens (tertiary/aromatic N) is 3. The Balaban J connectivity index is 1.82. The Morgan fingerprint density at radius 1 is 1.08 bits per heavy atom. The van der Waals surface area contributed by atoms with E-state index in [-0.39, 0.29) is 29.5 Å². The van der Waals surface area contributed by atoms with Gasteiger partial charge in [0, 0.05) is 37.9 Å². The molecular formula is C36H50F3N5O7S. The van der Waals surface area contributed by atoms with Gasteiger partial charge in [-0.25, -0.2) is 4.98 Å². The summed E-state index contributed by atoms with van der Waals surface area (Å²) in [5.74, 6) is -4.90. The van der Waals surface area contributed by atoms with Crippen molar-refractivity contribution in [1.82, 2.24) is 25.4 Å². The van der Waals surface area contributed by atoms with Crippen LogP contribution in [0.3, 0.4) is 0 Å². The lowest BCUT2D eigenvalue weighted by Crippen LogP contribution is -2.57. The van der Waals surface area contributed by atoms with Crippen LogP contribution in [0.25, 0.3) is 0 Å². The number of nitrogens with one attached hydrogen (secondary N) is 2. The molecule has 3 amide bonds. The fraction of sp³-hybridized carbons (Fsp3) is 0.611. The summed E-state index contributed by atoms with van der Waals surface area (Å²) in [5, 5.41) is 16.4. The highest BCUT2D eigenvalue weighted by atomic mass is 32.1. The van der Waals surface area contributed by atoms with E-state index in [1.807, 2.05) is 30.3 Å². The van der Waals surface area contributed by atoms with Crippen LogP contribution in [0.15, 0.2) is 35.7 Å². The zero-order valence-electron chi connectivity index (χ0n) is 30.4. The number of benzene rings is 1. The van der Waals surface area contributed by atoms with Gasteiger partial charge in [-0.05, 0) is 50.8 Å². The van der Waals surface area contributed by atoms with Crippen molar-refractivity contribution in [3.63, 3.8) is 0 Å². The van der Waals surface area contributed by atoms with Crippen molar-refractivity contribution in [2.45, 2.75) is 109 Å². The number of ether oxygens (including phenoxy) is 1. The average molecular weight is 754 g/mol. The van der Waals surface area contributed by atoms with E-state index in [1.54, 1.807) is 32.7 Å². The number of thiazole rings is 1. The molecule has 6 atom stereocenters. The third-order valence-electron chi connectivity index (χ3n) is 9.25. The molecule has 3 rings (SSSR count). The SMILES string of the molecule is CC(=O)OC(CC(C(C)C)N(C)C(=O)C(CC(F)(F)F)NC(=O)[C@H]1CCCCN1C)c1nc(C(=O)NC(Cc2ccccc2)CC(C)C(=O)O)cs1. The van der Waals surface area contributed by atoms with E-state index >= 15 is 0 Å². The number of rotatable bonds is 17. The fourth-order valence-electron chi connectivity index (χ4n) is 6.43. The maximum Gasteiger partial charge on any atom is 0.391 e. The highest BCUT2D eigenvalue weighted by molar-refractivity contribution is 7.09. The highest BCUT2D eigenvalue weighted by Crippen LogP contribution is 2.32. The number of amides is 3. The van der Waals surface area contributed by atoms with Gasteiger partial charge in [-0.2, -0.15) is 13.2 Å². The second kappa shape index (κ2) is 19.1. The highest BCUT2D eigenvalue weighted by Gasteiger charge is 2.41. The van der Waals surface area contributed by atoms with Crippen molar-refractivity contribution in [3.8, 4) is 0 Å². The number of aliphatic carboxylic acids is 1. The number of likely N-dealkylation sites (tertiary alicyclic amines) is 1. The molecule has 1 fully saturated rings. The van der Waals surface area contributed by atoms with Gasteiger partial charge in [-0.3, -0.25) is 28.9 Å². The second-order valence-corrected chi connectivity index (χ2v) is 14.8. The molecule has 0 saturated carbocycles. The summed E-state index contributed by atoms with van der Waals surface area (Å²) in [6.07, 6.45) is -4.82. The number of hydrogen-bond acceptors (Lipinski definition) is 9. The van der Waals surface area contributed by atoms with Crippen LogP contribution in [-0.4, -0.2) is 101 Å². The molecule has 1 aromatic heterocycles. The van der Waals surface area contributed by atoms with Crippen LogP contribution in [0.4, 0.5) is 13.2 Å². The monoisotopic (exact) mass is 753 g/mol.